The summed E-state index contributed by atoms with van der Waals surface area (Å²) in [5, 5.41) is 1.46. The quantitative estimate of drug-likeness (QED) is 0.771. The number of thioether (sulfide) groups is 1. The summed E-state index contributed by atoms with van der Waals surface area (Å²) < 4.78 is 0. The van der Waals surface area contributed by atoms with Gasteiger partial charge in [-0.05, 0) is 47.9 Å². The Labute approximate surface area is 141 Å². The molecule has 2 heteroatoms. The van der Waals surface area contributed by atoms with Crippen molar-refractivity contribution in [2.75, 3.05) is 0 Å². The van der Waals surface area contributed by atoms with E-state index < -0.39 is 0 Å². The molecular weight excluding hydrogens is 300 g/mol. The molecule has 1 nitrogen and oxygen atoms in total. The van der Waals surface area contributed by atoms with Gasteiger partial charge in [-0.25, -0.2) is 0 Å². The highest BCUT2D eigenvalue weighted by Gasteiger charge is 2.42. The van der Waals surface area contributed by atoms with E-state index >= 15 is 0 Å². The molecule has 0 saturated carbocycles. The molecule has 5 rings (SSSR count). The Bertz CT molecular complexity index is 723. The number of rotatable bonds is 2. The molecule has 23 heavy (non-hydrogen) atoms. The van der Waals surface area contributed by atoms with Gasteiger partial charge in [-0.3, -0.25) is 4.79 Å². The van der Waals surface area contributed by atoms with Crippen LogP contribution in [0.4, 0.5) is 0 Å². The maximum atomic E-state index is 13.4. The molecule has 1 aliphatic carbocycles. The summed E-state index contributed by atoms with van der Waals surface area (Å²) in [7, 11) is 0. The van der Waals surface area contributed by atoms with Gasteiger partial charge in [0.1, 0.15) is 5.78 Å². The van der Waals surface area contributed by atoms with Crippen LogP contribution in [-0.4, -0.2) is 16.3 Å². The molecule has 2 unspecified atom stereocenters. The summed E-state index contributed by atoms with van der Waals surface area (Å²) in [6.45, 7) is 0. The zero-order chi connectivity index (χ0) is 15.4. The highest BCUT2D eigenvalue weighted by Crippen LogP contribution is 2.50. The first-order valence-corrected chi connectivity index (χ1v) is 9.63. The van der Waals surface area contributed by atoms with Crippen LogP contribution >= 0.6 is 11.8 Å². The van der Waals surface area contributed by atoms with Crippen molar-refractivity contribution in [3.63, 3.8) is 0 Å². The van der Waals surface area contributed by atoms with Crippen molar-refractivity contribution in [3.05, 3.63) is 59.7 Å². The third kappa shape index (κ3) is 2.11. The zero-order valence-electron chi connectivity index (χ0n) is 13.1. The minimum Gasteiger partial charge on any atom is -0.298 e. The fourth-order valence-electron chi connectivity index (χ4n) is 4.79. The van der Waals surface area contributed by atoms with Gasteiger partial charge in [0.15, 0.2) is 0 Å². The zero-order valence-corrected chi connectivity index (χ0v) is 13.9. The molecule has 2 atom stereocenters. The van der Waals surface area contributed by atoms with Crippen molar-refractivity contribution in [3.8, 4) is 11.1 Å². The van der Waals surface area contributed by atoms with Crippen molar-refractivity contribution in [2.24, 2.45) is 5.92 Å². The molecule has 2 heterocycles. The van der Waals surface area contributed by atoms with E-state index in [1.165, 1.54) is 35.1 Å². The number of ketones is 1. The van der Waals surface area contributed by atoms with Crippen LogP contribution in [0.5, 0.6) is 0 Å². The van der Waals surface area contributed by atoms with Gasteiger partial charge in [0, 0.05) is 16.4 Å². The largest absolute Gasteiger partial charge is 0.298 e. The van der Waals surface area contributed by atoms with E-state index in [9.17, 15) is 4.79 Å². The molecule has 2 aromatic rings. The van der Waals surface area contributed by atoms with Gasteiger partial charge in [0.25, 0.3) is 0 Å². The molecule has 0 spiro atoms. The molecule has 2 aliphatic heterocycles. The first-order chi connectivity index (χ1) is 11.3. The number of benzene rings is 2. The lowest BCUT2D eigenvalue weighted by Crippen LogP contribution is -2.28. The van der Waals surface area contributed by atoms with E-state index in [0.29, 0.717) is 5.78 Å². The van der Waals surface area contributed by atoms with Crippen LogP contribution in [0.3, 0.4) is 0 Å². The molecule has 3 aliphatic rings. The lowest BCUT2D eigenvalue weighted by atomic mass is 9.82. The normalized spacial score (nSPS) is 28.4. The van der Waals surface area contributed by atoms with Crippen LogP contribution in [-0.2, 0) is 4.79 Å². The highest BCUT2D eigenvalue weighted by molar-refractivity contribution is 8.00. The topological polar surface area (TPSA) is 17.1 Å². The fraction of sp³-hybridized carbons (Fsp3) is 0.381. The predicted molar refractivity (Wildman–Crippen MR) is 95.9 cm³/mol. The molecule has 0 amide bonds. The van der Waals surface area contributed by atoms with Crippen molar-refractivity contribution in [2.45, 2.75) is 42.1 Å². The average molecular weight is 320 g/mol. The third-order valence-corrected chi connectivity index (χ3v) is 7.44. The Kier molecular flexibility index (Phi) is 3.16. The monoisotopic (exact) mass is 320 g/mol. The number of hydrogen-bond donors (Lipinski definition) is 0. The van der Waals surface area contributed by atoms with Crippen LogP contribution in [0.25, 0.3) is 11.1 Å². The summed E-state index contributed by atoms with van der Waals surface area (Å²) in [4.78, 5) is 13.4. The summed E-state index contributed by atoms with van der Waals surface area (Å²) in [6, 6.07) is 17.0. The Morgan fingerprint density at radius 3 is 1.91 bits per heavy atom. The van der Waals surface area contributed by atoms with Crippen LogP contribution in [0.2, 0.25) is 0 Å². The van der Waals surface area contributed by atoms with Crippen LogP contribution in [0.15, 0.2) is 48.5 Å². The van der Waals surface area contributed by atoms with Gasteiger partial charge in [-0.1, -0.05) is 48.5 Å². The smallest absolute Gasteiger partial charge is 0.147 e. The van der Waals surface area contributed by atoms with Crippen molar-refractivity contribution in [1.29, 1.82) is 0 Å². The number of carbonyl (C=O) groups excluding carboxylic acids is 1. The minimum absolute atomic E-state index is 0.0325. The first kappa shape index (κ1) is 13.9. The van der Waals surface area contributed by atoms with Crippen LogP contribution in [0, 0.1) is 5.92 Å². The first-order valence-electron chi connectivity index (χ1n) is 8.68. The van der Waals surface area contributed by atoms with Gasteiger partial charge >= 0.3 is 0 Å². The molecule has 2 bridgehead atoms. The van der Waals surface area contributed by atoms with Crippen molar-refractivity contribution in [1.82, 2.24) is 0 Å². The second kappa shape index (κ2) is 5.24. The molecule has 0 N–H and O–H groups in total. The summed E-state index contributed by atoms with van der Waals surface area (Å²) in [5.74, 6) is 0.701. The Balaban J connectivity index is 1.56. The van der Waals surface area contributed by atoms with Crippen molar-refractivity contribution >= 4 is 17.5 Å². The molecule has 0 aromatic heterocycles. The van der Waals surface area contributed by atoms with E-state index in [0.717, 1.165) is 23.3 Å². The summed E-state index contributed by atoms with van der Waals surface area (Å²) >= 11 is 2.14. The maximum Gasteiger partial charge on any atom is 0.147 e. The molecule has 116 valence electrons. The Hall–Kier alpha value is -1.54. The van der Waals surface area contributed by atoms with Crippen LogP contribution in [0.1, 0.15) is 42.7 Å². The Morgan fingerprint density at radius 1 is 0.826 bits per heavy atom. The fourth-order valence-corrected chi connectivity index (χ4v) is 6.56. The Morgan fingerprint density at radius 2 is 1.35 bits per heavy atom. The van der Waals surface area contributed by atoms with Gasteiger partial charge in [-0.2, -0.15) is 11.8 Å². The van der Waals surface area contributed by atoms with Gasteiger partial charge in [0.05, 0.1) is 5.92 Å². The number of Topliss-reactive ketones (excluding diaryl/α,β-unsaturated/α-hetero) is 1. The third-order valence-electron chi connectivity index (χ3n) is 5.81. The van der Waals surface area contributed by atoms with Crippen molar-refractivity contribution < 1.29 is 4.79 Å². The highest BCUT2D eigenvalue weighted by atomic mass is 32.2. The SMILES string of the molecule is O=C(C1CC2CCC(C1)S2)C1c2ccccc2-c2ccccc21. The van der Waals surface area contributed by atoms with Gasteiger partial charge in [0.2, 0.25) is 0 Å². The molecular formula is C21H20OS. The summed E-state index contributed by atoms with van der Waals surface area (Å²) in [5.41, 5.74) is 4.97. The lowest BCUT2D eigenvalue weighted by Gasteiger charge is -2.28. The number of hydrogen-bond acceptors (Lipinski definition) is 2. The second-order valence-corrected chi connectivity index (χ2v) is 8.74. The number of fused-ring (bicyclic) bond motifs is 5. The predicted octanol–water partition coefficient (Wildman–Crippen LogP) is 5.04. The minimum atomic E-state index is -0.0325. The van der Waals surface area contributed by atoms with Crippen LogP contribution < -0.4 is 0 Å². The molecule has 2 saturated heterocycles. The van der Waals surface area contributed by atoms with E-state index in [4.69, 9.17) is 0 Å². The van der Waals surface area contributed by atoms with Gasteiger partial charge < -0.3 is 0 Å². The molecule has 2 aromatic carbocycles. The van der Waals surface area contributed by atoms with E-state index in [-0.39, 0.29) is 11.8 Å². The molecule has 0 radical (unpaired) electrons. The van der Waals surface area contributed by atoms with E-state index in [1.54, 1.807) is 0 Å². The van der Waals surface area contributed by atoms with E-state index in [2.05, 4.69) is 60.3 Å². The maximum absolute atomic E-state index is 13.4. The lowest BCUT2D eigenvalue weighted by molar-refractivity contribution is -0.123. The standard InChI is InChI=1S/C21H20OS/c22-21(13-11-14-9-10-15(12-13)23-14)20-18-7-3-1-5-16(18)17-6-2-4-8-19(17)20/h1-8,13-15,20H,9-12H2. The second-order valence-electron chi connectivity index (χ2n) is 7.14. The summed E-state index contributed by atoms with van der Waals surface area (Å²) in [6.07, 6.45) is 4.83. The van der Waals surface area contributed by atoms with E-state index in [1.807, 2.05) is 0 Å². The van der Waals surface area contributed by atoms with Gasteiger partial charge in [-0.15, -0.1) is 0 Å². The molecule has 2 fully saturated rings. The average Bonchev–Trinajstić information content (AvgIpc) is 3.11. The number of carbonyl (C=O) groups is 1.